The highest BCUT2D eigenvalue weighted by Gasteiger charge is 2.13. The molecule has 245 valence electrons. The molecule has 0 aliphatic carbocycles. The van der Waals surface area contributed by atoms with E-state index in [0.717, 1.165) is 38.5 Å². The molecule has 0 saturated heterocycles. The van der Waals surface area contributed by atoms with Crippen LogP contribution in [0.25, 0.3) is 0 Å². The first-order valence-electron chi connectivity index (χ1n) is 17.2. The molecule has 2 aromatic rings. The molecule has 0 heterocycles. The lowest BCUT2D eigenvalue weighted by Gasteiger charge is -2.10. The van der Waals surface area contributed by atoms with E-state index in [2.05, 4.69) is 13.8 Å². The van der Waals surface area contributed by atoms with Crippen LogP contribution in [-0.4, -0.2) is 63.9 Å². The Labute approximate surface area is 274 Å². The highest BCUT2D eigenvalue weighted by atomic mass is 31.0. The lowest BCUT2D eigenvalue weighted by atomic mass is 10.1. The first kappa shape index (κ1) is 35.3. The topological polar surface area (TPSA) is 105 Å². The Morgan fingerprint density at radius 3 is 1.41 bits per heavy atom. The first-order chi connectivity index (χ1) is 22.9. The molecule has 8 nitrogen and oxygen atoms in total. The number of ether oxygens (including phenoxy) is 4. The van der Waals surface area contributed by atoms with Gasteiger partial charge in [0.2, 0.25) is 0 Å². The van der Waals surface area contributed by atoms with Gasteiger partial charge in [-0.15, -0.1) is 0 Å². The van der Waals surface area contributed by atoms with Gasteiger partial charge in [-0.25, -0.2) is 19.2 Å². The summed E-state index contributed by atoms with van der Waals surface area (Å²) >= 11 is 0. The van der Waals surface area contributed by atoms with E-state index in [1.807, 2.05) is 27.7 Å². The average molecular weight is 638 g/mol. The molecule has 0 saturated carbocycles. The zero-order chi connectivity index (χ0) is 36.7. The minimum Gasteiger partial charge on any atom is -0.462 e. The van der Waals surface area contributed by atoms with Crippen LogP contribution in [0.2, 0.25) is 0 Å². The lowest BCUT2D eigenvalue weighted by Crippen LogP contribution is -2.12. The van der Waals surface area contributed by atoms with Gasteiger partial charge in [-0.1, -0.05) is 67.2 Å². The maximum atomic E-state index is 11.9. The third-order valence-electron chi connectivity index (χ3n) is 6.17. The van der Waals surface area contributed by atoms with Crippen LogP contribution in [0, 0.1) is 11.8 Å². The molecule has 2 rings (SSSR count). The number of rotatable bonds is 16. The molecule has 1 radical (unpaired) electrons. The summed E-state index contributed by atoms with van der Waals surface area (Å²) in [5, 5.41) is 0. The molecule has 0 aliphatic rings. The van der Waals surface area contributed by atoms with Crippen molar-refractivity contribution >= 4 is 42.0 Å². The second-order valence-corrected chi connectivity index (χ2v) is 10.6. The first-order valence-corrected chi connectivity index (χ1v) is 15.0. The van der Waals surface area contributed by atoms with E-state index >= 15 is 0 Å². The van der Waals surface area contributed by atoms with Gasteiger partial charge in [0, 0.05) is 0 Å². The fourth-order valence-electron chi connectivity index (χ4n) is 3.22. The summed E-state index contributed by atoms with van der Waals surface area (Å²) in [6, 6.07) is 12.7. The Morgan fingerprint density at radius 2 is 1.07 bits per heavy atom. The van der Waals surface area contributed by atoms with Crippen LogP contribution < -0.4 is 0 Å². The monoisotopic (exact) mass is 637 g/mol. The Hall–Kier alpha value is -3.19. The van der Waals surface area contributed by atoms with Crippen molar-refractivity contribution in [3.8, 4) is 0 Å². The standard InChI is InChI=1S/C18H26O4.C16H22O4.BH2.H3P/c1-4-6-7-12-21-17(19)15-8-10-16(11-9-15)18(20)22-13-14(3)5-2;1-4-5-10-19-15(17)13-6-8-14(9-7-13)16(18)20-11-12(2)3;;/h8-11,14H,4-7,12-13H2,1-3H3;6-9,12H,4-5,10-11H2,1-3H3;1H2;1H3/i;;2*1TD. The molecule has 0 amide bonds. The van der Waals surface area contributed by atoms with Crippen molar-refractivity contribution in [1.82, 2.24) is 0 Å². The van der Waals surface area contributed by atoms with Gasteiger partial charge in [0.15, 0.2) is 0 Å². The van der Waals surface area contributed by atoms with Crippen molar-refractivity contribution in [2.45, 2.75) is 80.1 Å². The minimum atomic E-state index is -0.417. The van der Waals surface area contributed by atoms with Gasteiger partial charge >= 0.3 is 23.9 Å². The molecule has 2 unspecified atom stereocenters. The van der Waals surface area contributed by atoms with Gasteiger partial charge in [0.05, 0.1) is 59.6 Å². The summed E-state index contributed by atoms with van der Waals surface area (Å²) in [6.07, 6.45) is 5.82. The molecule has 0 spiro atoms. The number of esters is 4. The second kappa shape index (κ2) is 25.2. The van der Waals surface area contributed by atoms with Crippen molar-refractivity contribution in [2.24, 2.45) is 11.8 Å². The third-order valence-corrected chi connectivity index (χ3v) is 6.17. The summed E-state index contributed by atoms with van der Waals surface area (Å²) in [5.41, 5.74) is 1.79. The third kappa shape index (κ3) is 17.8. The quantitative estimate of drug-likeness (QED) is 0.0648. The fraction of sp³-hybridized carbons (Fsp3) is 0.529. The molecule has 44 heavy (non-hydrogen) atoms. The van der Waals surface area contributed by atoms with Gasteiger partial charge in [-0.2, -0.15) is 9.79 Å². The number of benzene rings is 2. The van der Waals surface area contributed by atoms with E-state index in [0.29, 0.717) is 68.9 Å². The summed E-state index contributed by atoms with van der Waals surface area (Å²) in [5.74, 6) is -0.794. The molecule has 0 fully saturated rings. The molecular formula is C34H53BO8P. The molecule has 0 bridgehead atoms. The van der Waals surface area contributed by atoms with Crippen LogP contribution in [0.3, 0.4) is 0 Å². The van der Waals surface area contributed by atoms with Gasteiger partial charge < -0.3 is 18.9 Å². The van der Waals surface area contributed by atoms with Crippen LogP contribution in [0.1, 0.15) is 121 Å². The fourth-order valence-corrected chi connectivity index (χ4v) is 3.22. The highest BCUT2D eigenvalue weighted by molar-refractivity contribution is 6.92. The van der Waals surface area contributed by atoms with Crippen molar-refractivity contribution in [3.63, 3.8) is 0 Å². The van der Waals surface area contributed by atoms with Gasteiger partial charge in [0.25, 0.3) is 0 Å². The Bertz CT molecular complexity index is 1140. The zero-order valence-corrected chi connectivity index (χ0v) is 28.2. The van der Waals surface area contributed by atoms with E-state index in [1.165, 1.54) is 0 Å². The summed E-state index contributed by atoms with van der Waals surface area (Å²) in [6.45, 7) is 13.8. The van der Waals surface area contributed by atoms with Crippen LogP contribution in [0.4, 0.5) is 0 Å². The molecule has 2 atom stereocenters. The Morgan fingerprint density at radius 1 is 0.727 bits per heavy atom. The van der Waals surface area contributed by atoms with Gasteiger partial charge in [-0.3, -0.25) is 0 Å². The predicted octanol–water partition coefficient (Wildman–Crippen LogP) is 6.83. The molecule has 0 aliphatic heterocycles. The number of hydrogen-bond acceptors (Lipinski definition) is 8. The van der Waals surface area contributed by atoms with Crippen LogP contribution in [0.5, 0.6) is 0 Å². The van der Waals surface area contributed by atoms with Crippen LogP contribution >= 0.6 is 9.79 Å². The zero-order valence-electron chi connectivity index (χ0n) is 31.2. The molecular weight excluding hydrogens is 578 g/mol. The molecule has 0 N–H and O–H groups in total. The maximum absolute atomic E-state index is 11.9. The number of unbranched alkanes of at least 4 members (excludes halogenated alkanes) is 3. The van der Waals surface area contributed by atoms with E-state index in [4.69, 9.17) is 24.2 Å². The van der Waals surface area contributed by atoms with Gasteiger partial charge in [-0.05, 0) is 75.9 Å². The highest BCUT2D eigenvalue weighted by Crippen LogP contribution is 2.11. The summed E-state index contributed by atoms with van der Waals surface area (Å²) in [4.78, 5) is 47.0. The second-order valence-electron chi connectivity index (χ2n) is 10.6. The van der Waals surface area contributed by atoms with E-state index in [1.54, 1.807) is 48.5 Å². The van der Waals surface area contributed by atoms with Crippen molar-refractivity contribution in [3.05, 3.63) is 70.8 Å². The van der Waals surface area contributed by atoms with Crippen LogP contribution in [0.15, 0.2) is 48.5 Å². The average Bonchev–Trinajstić information content (AvgIpc) is 3.09. The normalized spacial score (nSPS) is 11.7. The number of carbonyl (C=O) groups excluding carboxylic acids is 4. The molecule has 10 heteroatoms. The minimum absolute atomic E-state index is 0.298. The van der Waals surface area contributed by atoms with E-state index in [9.17, 15) is 19.2 Å². The SMILES string of the molecule is CCCCCOC(=O)c1ccc(C(=O)OCC(C)CC)cc1.CCCCOC(=O)c1ccc(C(=O)OCC(C)C)cc1.[2H]P[3H].[2H][B][3H]. The summed E-state index contributed by atoms with van der Waals surface area (Å²) in [7, 11) is 0.0833. The molecule has 2 aromatic carbocycles. The molecule has 0 aromatic heterocycles. The van der Waals surface area contributed by atoms with Gasteiger partial charge in [0.1, 0.15) is 0 Å². The van der Waals surface area contributed by atoms with Crippen molar-refractivity contribution in [2.75, 3.05) is 26.4 Å². The number of carbonyl (C=O) groups is 4. The maximum Gasteiger partial charge on any atom is 0.338 e. The number of hydrogen-bond donors (Lipinski definition) is 0. The Balaban J connectivity index is 0. The predicted molar refractivity (Wildman–Crippen MR) is 182 cm³/mol. The van der Waals surface area contributed by atoms with Crippen molar-refractivity contribution < 1.29 is 38.1 Å². The van der Waals surface area contributed by atoms with E-state index in [-0.39, 0.29) is 23.9 Å². The lowest BCUT2D eigenvalue weighted by molar-refractivity contribution is 0.0441. The Kier molecular flexibility index (Phi) is 20.2. The van der Waals surface area contributed by atoms with Crippen LogP contribution in [-0.2, 0) is 18.9 Å². The van der Waals surface area contributed by atoms with Crippen molar-refractivity contribution in [1.29, 1.82) is 5.23 Å². The largest absolute Gasteiger partial charge is 0.462 e. The smallest absolute Gasteiger partial charge is 0.338 e. The van der Waals surface area contributed by atoms with E-state index < -0.39 is 9.79 Å². The summed E-state index contributed by atoms with van der Waals surface area (Å²) < 4.78 is 43.9.